The number of hydrogen-bond acceptors (Lipinski definition) is 2. The average Bonchev–Trinajstić information content (AvgIpc) is 2.00. The van der Waals surface area contributed by atoms with E-state index in [0.717, 1.165) is 18.5 Å². The summed E-state index contributed by atoms with van der Waals surface area (Å²) in [4.78, 5) is 2.55. The van der Waals surface area contributed by atoms with Gasteiger partial charge in [-0.15, -0.1) is 0 Å². The Kier molecular flexibility index (Phi) is 4.74. The largest absolute Gasteiger partial charge is 0.319 e. The van der Waals surface area contributed by atoms with E-state index in [1.807, 2.05) is 7.05 Å². The van der Waals surface area contributed by atoms with Crippen LogP contribution in [0.2, 0.25) is 0 Å². The van der Waals surface area contributed by atoms with Crippen LogP contribution in [0.3, 0.4) is 0 Å². The Bertz CT molecular complexity index is 132. The minimum atomic E-state index is 0.829. The Labute approximate surface area is 82.7 Å². The Morgan fingerprint density at radius 1 is 1.46 bits per heavy atom. The number of rotatable bonds is 6. The highest BCUT2D eigenvalue weighted by Crippen LogP contribution is 2.24. The summed E-state index contributed by atoms with van der Waals surface area (Å²) in [7, 11) is 4.33. The lowest BCUT2D eigenvalue weighted by Crippen LogP contribution is -2.41. The van der Waals surface area contributed by atoms with Crippen LogP contribution in [-0.2, 0) is 0 Å². The molecule has 0 saturated heterocycles. The minimum absolute atomic E-state index is 0.829. The molecule has 0 amide bonds. The Morgan fingerprint density at radius 2 is 2.15 bits per heavy atom. The Balaban J connectivity index is 2.18. The van der Waals surface area contributed by atoms with Crippen molar-refractivity contribution in [1.82, 2.24) is 10.2 Å². The third-order valence-electron chi connectivity index (χ3n) is 3.31. The van der Waals surface area contributed by atoms with Crippen molar-refractivity contribution in [1.29, 1.82) is 0 Å². The van der Waals surface area contributed by atoms with Crippen molar-refractivity contribution in [3.05, 3.63) is 0 Å². The molecule has 2 heteroatoms. The van der Waals surface area contributed by atoms with Crippen molar-refractivity contribution in [2.75, 3.05) is 27.2 Å². The maximum Gasteiger partial charge on any atom is 0.00923 e. The topological polar surface area (TPSA) is 15.3 Å². The fourth-order valence-electron chi connectivity index (χ4n) is 2.01. The first-order chi connectivity index (χ1) is 6.27. The molecule has 78 valence electrons. The molecule has 0 bridgehead atoms. The lowest BCUT2D eigenvalue weighted by molar-refractivity contribution is 0.136. The number of nitrogens with zero attached hydrogens (tertiary/aromatic N) is 1. The van der Waals surface area contributed by atoms with Crippen molar-refractivity contribution in [2.24, 2.45) is 5.92 Å². The van der Waals surface area contributed by atoms with Crippen LogP contribution in [0.25, 0.3) is 0 Å². The summed E-state index contributed by atoms with van der Waals surface area (Å²) >= 11 is 0. The van der Waals surface area contributed by atoms with Gasteiger partial charge in [-0.25, -0.2) is 0 Å². The third kappa shape index (κ3) is 3.28. The summed E-state index contributed by atoms with van der Waals surface area (Å²) < 4.78 is 0. The molecule has 2 nitrogen and oxygen atoms in total. The van der Waals surface area contributed by atoms with Gasteiger partial charge in [-0.1, -0.05) is 19.8 Å². The molecular formula is C11H24N2. The van der Waals surface area contributed by atoms with Crippen LogP contribution in [0.4, 0.5) is 0 Å². The molecule has 0 heterocycles. The van der Waals surface area contributed by atoms with Gasteiger partial charge in [0.25, 0.3) is 0 Å². The van der Waals surface area contributed by atoms with Gasteiger partial charge in [0, 0.05) is 12.6 Å². The second-order valence-corrected chi connectivity index (χ2v) is 4.36. The second kappa shape index (κ2) is 5.61. The van der Waals surface area contributed by atoms with E-state index < -0.39 is 0 Å². The van der Waals surface area contributed by atoms with E-state index in [-0.39, 0.29) is 0 Å². The molecule has 1 atom stereocenters. The predicted octanol–water partition coefficient (Wildman–Crippen LogP) is 1.72. The summed E-state index contributed by atoms with van der Waals surface area (Å²) in [6, 6.07) is 0.894. The first kappa shape index (κ1) is 11.0. The van der Waals surface area contributed by atoms with Gasteiger partial charge in [-0.2, -0.15) is 0 Å². The molecule has 0 aromatic carbocycles. The molecule has 0 aromatic rings. The smallest absolute Gasteiger partial charge is 0.00923 e. The van der Waals surface area contributed by atoms with Crippen LogP contribution in [0.5, 0.6) is 0 Å². The van der Waals surface area contributed by atoms with Crippen LogP contribution in [0, 0.1) is 5.92 Å². The molecule has 1 unspecified atom stereocenters. The normalized spacial score (nSPS) is 20.3. The lowest BCUT2D eigenvalue weighted by atomic mass is 9.91. The molecule has 1 aliphatic carbocycles. The molecule has 1 rings (SSSR count). The van der Waals surface area contributed by atoms with E-state index >= 15 is 0 Å². The highest BCUT2D eigenvalue weighted by atomic mass is 15.1. The zero-order valence-electron chi connectivity index (χ0n) is 9.34. The molecule has 1 fully saturated rings. The molecule has 1 N–H and O–H groups in total. The zero-order valence-corrected chi connectivity index (χ0v) is 9.34. The quantitative estimate of drug-likeness (QED) is 0.676. The van der Waals surface area contributed by atoms with Gasteiger partial charge in [0.15, 0.2) is 0 Å². The third-order valence-corrected chi connectivity index (χ3v) is 3.31. The van der Waals surface area contributed by atoms with E-state index in [0.29, 0.717) is 0 Å². The molecular weight excluding hydrogens is 160 g/mol. The van der Waals surface area contributed by atoms with Crippen molar-refractivity contribution in [3.63, 3.8) is 0 Å². The van der Waals surface area contributed by atoms with Crippen LogP contribution in [0.1, 0.15) is 32.6 Å². The average molecular weight is 184 g/mol. The van der Waals surface area contributed by atoms with Gasteiger partial charge in [0.2, 0.25) is 0 Å². The molecule has 1 aliphatic rings. The van der Waals surface area contributed by atoms with Crippen LogP contribution >= 0.6 is 0 Å². The Hall–Kier alpha value is -0.0800. The van der Waals surface area contributed by atoms with E-state index in [1.165, 1.54) is 32.2 Å². The van der Waals surface area contributed by atoms with Gasteiger partial charge >= 0.3 is 0 Å². The standard InChI is InChI=1S/C11H24N2/c1-4-10(8-12-2)9-13(3)11-6-5-7-11/h10-12H,4-9H2,1-3H3. The fraction of sp³-hybridized carbons (Fsp3) is 1.00. The van der Waals surface area contributed by atoms with E-state index in [1.54, 1.807) is 0 Å². The lowest BCUT2D eigenvalue weighted by Gasteiger charge is -2.36. The maximum absolute atomic E-state index is 3.27. The van der Waals surface area contributed by atoms with Crippen LogP contribution in [0.15, 0.2) is 0 Å². The van der Waals surface area contributed by atoms with E-state index in [4.69, 9.17) is 0 Å². The van der Waals surface area contributed by atoms with E-state index in [9.17, 15) is 0 Å². The van der Waals surface area contributed by atoms with Crippen molar-refractivity contribution < 1.29 is 0 Å². The number of nitrogens with one attached hydrogen (secondary N) is 1. The van der Waals surface area contributed by atoms with Crippen LogP contribution < -0.4 is 5.32 Å². The van der Waals surface area contributed by atoms with Gasteiger partial charge in [0.05, 0.1) is 0 Å². The SMILES string of the molecule is CCC(CNC)CN(C)C1CCC1. The minimum Gasteiger partial charge on any atom is -0.319 e. The van der Waals surface area contributed by atoms with Crippen molar-refractivity contribution >= 4 is 0 Å². The zero-order chi connectivity index (χ0) is 9.68. The summed E-state index contributed by atoms with van der Waals surface area (Å²) in [5, 5.41) is 3.27. The second-order valence-electron chi connectivity index (χ2n) is 4.36. The summed E-state index contributed by atoms with van der Waals surface area (Å²) in [6.07, 6.45) is 5.58. The first-order valence-corrected chi connectivity index (χ1v) is 5.62. The monoisotopic (exact) mass is 184 g/mol. The highest BCUT2D eigenvalue weighted by molar-refractivity contribution is 4.79. The molecule has 0 aliphatic heterocycles. The van der Waals surface area contributed by atoms with Gasteiger partial charge in [-0.3, -0.25) is 0 Å². The molecule has 0 aromatic heterocycles. The predicted molar refractivity (Wildman–Crippen MR) is 58.0 cm³/mol. The highest BCUT2D eigenvalue weighted by Gasteiger charge is 2.23. The summed E-state index contributed by atoms with van der Waals surface area (Å²) in [5.41, 5.74) is 0. The number of hydrogen-bond donors (Lipinski definition) is 1. The molecule has 1 saturated carbocycles. The van der Waals surface area contributed by atoms with E-state index in [2.05, 4.69) is 24.2 Å². The van der Waals surface area contributed by atoms with Gasteiger partial charge < -0.3 is 10.2 Å². The maximum atomic E-state index is 3.27. The summed E-state index contributed by atoms with van der Waals surface area (Å²) in [5.74, 6) is 0.829. The Morgan fingerprint density at radius 3 is 2.54 bits per heavy atom. The molecule has 0 spiro atoms. The first-order valence-electron chi connectivity index (χ1n) is 5.62. The van der Waals surface area contributed by atoms with Gasteiger partial charge in [-0.05, 0) is 39.4 Å². The van der Waals surface area contributed by atoms with Gasteiger partial charge in [0.1, 0.15) is 0 Å². The van der Waals surface area contributed by atoms with Crippen molar-refractivity contribution in [3.8, 4) is 0 Å². The van der Waals surface area contributed by atoms with Crippen molar-refractivity contribution in [2.45, 2.75) is 38.6 Å². The van der Waals surface area contributed by atoms with Crippen LogP contribution in [-0.4, -0.2) is 38.1 Å². The molecule has 0 radical (unpaired) electrons. The summed E-state index contributed by atoms with van der Waals surface area (Å²) in [6.45, 7) is 4.71. The molecule has 13 heavy (non-hydrogen) atoms. The fourth-order valence-corrected chi connectivity index (χ4v) is 2.01.